The van der Waals surface area contributed by atoms with Crippen LogP contribution in [0.1, 0.15) is 38.1 Å². The zero-order valence-electron chi connectivity index (χ0n) is 13.8. The van der Waals surface area contributed by atoms with E-state index in [1.807, 2.05) is 13.8 Å². The lowest BCUT2D eigenvalue weighted by Crippen LogP contribution is -2.28. The monoisotopic (exact) mass is 330 g/mol. The Labute approximate surface area is 139 Å². The number of halogens is 1. The maximum atomic E-state index is 12.2. The van der Waals surface area contributed by atoms with Gasteiger partial charge in [0.25, 0.3) is 0 Å². The van der Waals surface area contributed by atoms with Gasteiger partial charge >= 0.3 is 5.97 Å². The molecule has 1 aromatic carbocycles. The van der Waals surface area contributed by atoms with Gasteiger partial charge in [0.15, 0.2) is 0 Å². The topological polar surface area (TPSA) is 64.8 Å². The van der Waals surface area contributed by atoms with E-state index in [2.05, 4.69) is 18.7 Å². The molecule has 0 saturated heterocycles. The normalized spacial score (nSPS) is 10.5. The molecule has 2 N–H and O–H groups in total. The van der Waals surface area contributed by atoms with Crippen molar-refractivity contribution in [3.8, 4) is 5.75 Å². The van der Waals surface area contributed by atoms with Crippen LogP contribution in [0.5, 0.6) is 5.75 Å². The smallest absolute Gasteiger partial charge is 0.341 e. The fourth-order valence-electron chi connectivity index (χ4n) is 1.94. The Kier molecular flexibility index (Phi) is 9.61. The summed E-state index contributed by atoms with van der Waals surface area (Å²) in [6.45, 7) is 11.0. The first kappa shape index (κ1) is 20.5. The van der Waals surface area contributed by atoms with E-state index in [0.717, 1.165) is 19.6 Å². The molecule has 126 valence electrons. The first-order valence-corrected chi connectivity index (χ1v) is 7.43. The predicted molar refractivity (Wildman–Crippen MR) is 91.9 cm³/mol. The molecule has 0 amide bonds. The van der Waals surface area contributed by atoms with E-state index >= 15 is 0 Å². The van der Waals surface area contributed by atoms with Crippen LogP contribution in [0.15, 0.2) is 18.2 Å². The number of benzene rings is 1. The van der Waals surface area contributed by atoms with Crippen molar-refractivity contribution in [2.45, 2.75) is 33.8 Å². The fraction of sp³-hybridized carbons (Fsp3) is 0.562. The first-order chi connectivity index (χ1) is 9.97. The quantitative estimate of drug-likeness (QED) is 0.586. The van der Waals surface area contributed by atoms with Gasteiger partial charge in [-0.3, -0.25) is 0 Å². The van der Waals surface area contributed by atoms with Crippen molar-refractivity contribution in [1.82, 2.24) is 4.90 Å². The highest BCUT2D eigenvalue weighted by atomic mass is 35.5. The van der Waals surface area contributed by atoms with Crippen LogP contribution in [0.4, 0.5) is 5.69 Å². The molecule has 5 nitrogen and oxygen atoms in total. The third kappa shape index (κ3) is 6.54. The molecule has 0 heterocycles. The van der Waals surface area contributed by atoms with E-state index in [9.17, 15) is 4.79 Å². The molecular weight excluding hydrogens is 304 g/mol. The Bertz CT molecular complexity index is 463. The van der Waals surface area contributed by atoms with Crippen LogP contribution in [-0.4, -0.2) is 43.2 Å². The van der Waals surface area contributed by atoms with E-state index in [1.54, 1.807) is 18.2 Å². The Morgan fingerprint density at radius 2 is 1.91 bits per heavy atom. The molecule has 6 heteroatoms. The second kappa shape index (κ2) is 10.3. The van der Waals surface area contributed by atoms with Crippen LogP contribution in [0.3, 0.4) is 0 Å². The molecule has 1 rings (SSSR count). The summed E-state index contributed by atoms with van der Waals surface area (Å²) in [5.41, 5.74) is 6.72. The van der Waals surface area contributed by atoms with E-state index in [4.69, 9.17) is 15.2 Å². The van der Waals surface area contributed by atoms with Gasteiger partial charge in [-0.15, -0.1) is 12.4 Å². The van der Waals surface area contributed by atoms with Crippen LogP contribution >= 0.6 is 12.4 Å². The number of ether oxygens (including phenoxy) is 2. The highest BCUT2D eigenvalue weighted by Gasteiger charge is 2.15. The molecule has 0 atom stereocenters. The molecule has 0 aromatic heterocycles. The maximum Gasteiger partial charge on any atom is 0.341 e. The van der Waals surface area contributed by atoms with Crippen molar-refractivity contribution in [2.24, 2.45) is 0 Å². The number of carbonyl (C=O) groups is 1. The molecule has 22 heavy (non-hydrogen) atoms. The van der Waals surface area contributed by atoms with Crippen LogP contribution in [-0.2, 0) is 4.74 Å². The van der Waals surface area contributed by atoms with Crippen LogP contribution < -0.4 is 10.5 Å². The molecule has 0 fully saturated rings. The van der Waals surface area contributed by atoms with Crippen molar-refractivity contribution >= 4 is 24.1 Å². The summed E-state index contributed by atoms with van der Waals surface area (Å²) in [5, 5.41) is 0. The summed E-state index contributed by atoms with van der Waals surface area (Å²) in [6, 6.07) is 4.97. The van der Waals surface area contributed by atoms with E-state index in [-0.39, 0.29) is 24.5 Å². The van der Waals surface area contributed by atoms with Gasteiger partial charge in [-0.1, -0.05) is 13.8 Å². The third-order valence-electron chi connectivity index (χ3n) is 3.12. The van der Waals surface area contributed by atoms with E-state index in [0.29, 0.717) is 23.6 Å². The standard InChI is InChI=1S/C16H26N2O3.ClH/c1-5-18(6-2)9-10-20-16(19)14-8-7-13(17)11-15(14)21-12(3)4;/h7-8,11-12H,5-6,9-10,17H2,1-4H3;1H. The molecule has 0 aliphatic heterocycles. The highest BCUT2D eigenvalue weighted by molar-refractivity contribution is 5.93. The molecule has 0 unspecified atom stereocenters. The van der Waals surface area contributed by atoms with Gasteiger partial charge < -0.3 is 20.1 Å². The molecule has 0 spiro atoms. The minimum Gasteiger partial charge on any atom is -0.490 e. The van der Waals surface area contributed by atoms with Crippen molar-refractivity contribution in [3.63, 3.8) is 0 Å². The van der Waals surface area contributed by atoms with E-state index < -0.39 is 0 Å². The van der Waals surface area contributed by atoms with Gasteiger partial charge in [0.1, 0.15) is 17.9 Å². The Morgan fingerprint density at radius 3 is 2.45 bits per heavy atom. The van der Waals surface area contributed by atoms with Crippen LogP contribution in [0.2, 0.25) is 0 Å². The lowest BCUT2D eigenvalue weighted by atomic mass is 10.2. The molecule has 0 aliphatic carbocycles. The summed E-state index contributed by atoms with van der Waals surface area (Å²) in [6.07, 6.45) is -0.0333. The van der Waals surface area contributed by atoms with Crippen molar-refractivity contribution in [2.75, 3.05) is 32.0 Å². The van der Waals surface area contributed by atoms with Crippen molar-refractivity contribution < 1.29 is 14.3 Å². The average molecular weight is 331 g/mol. The minimum atomic E-state index is -0.377. The van der Waals surface area contributed by atoms with Crippen molar-refractivity contribution in [3.05, 3.63) is 23.8 Å². The van der Waals surface area contributed by atoms with Gasteiger partial charge in [-0.2, -0.15) is 0 Å². The third-order valence-corrected chi connectivity index (χ3v) is 3.12. The number of likely N-dealkylation sites (N-methyl/N-ethyl adjacent to an activating group) is 1. The first-order valence-electron chi connectivity index (χ1n) is 7.43. The lowest BCUT2D eigenvalue weighted by Gasteiger charge is -2.18. The predicted octanol–water partition coefficient (Wildman–Crippen LogP) is 2.98. The largest absolute Gasteiger partial charge is 0.490 e. The summed E-state index contributed by atoms with van der Waals surface area (Å²) in [4.78, 5) is 14.4. The van der Waals surface area contributed by atoms with Gasteiger partial charge in [0.05, 0.1) is 6.10 Å². The highest BCUT2D eigenvalue weighted by Crippen LogP contribution is 2.23. The summed E-state index contributed by atoms with van der Waals surface area (Å²) in [5.74, 6) is 0.0932. The number of nitrogens with two attached hydrogens (primary N) is 1. The van der Waals surface area contributed by atoms with Gasteiger partial charge in [0, 0.05) is 18.3 Å². The lowest BCUT2D eigenvalue weighted by molar-refractivity contribution is 0.0460. The summed E-state index contributed by atoms with van der Waals surface area (Å²) in [7, 11) is 0. The molecule has 0 bridgehead atoms. The minimum absolute atomic E-state index is 0. The molecule has 0 aliphatic rings. The number of nitrogen functional groups attached to an aromatic ring is 1. The fourth-order valence-corrected chi connectivity index (χ4v) is 1.94. The van der Waals surface area contributed by atoms with Crippen molar-refractivity contribution in [1.29, 1.82) is 0 Å². The number of carbonyl (C=O) groups excluding carboxylic acids is 1. The average Bonchev–Trinajstić information content (AvgIpc) is 2.43. The Hall–Kier alpha value is -1.46. The van der Waals surface area contributed by atoms with Gasteiger partial charge in [-0.25, -0.2) is 4.79 Å². The molecule has 1 aromatic rings. The number of esters is 1. The SMILES string of the molecule is CCN(CC)CCOC(=O)c1ccc(N)cc1OC(C)C.Cl. The Morgan fingerprint density at radius 1 is 1.27 bits per heavy atom. The summed E-state index contributed by atoms with van der Waals surface area (Å²) < 4.78 is 10.9. The Balaban J connectivity index is 0.00000441. The summed E-state index contributed by atoms with van der Waals surface area (Å²) >= 11 is 0. The van der Waals surface area contributed by atoms with Gasteiger partial charge in [0.2, 0.25) is 0 Å². The zero-order chi connectivity index (χ0) is 15.8. The molecule has 0 radical (unpaired) electrons. The number of nitrogens with zero attached hydrogens (tertiary/aromatic N) is 1. The van der Waals surface area contributed by atoms with Crippen LogP contribution in [0, 0.1) is 0 Å². The maximum absolute atomic E-state index is 12.2. The number of anilines is 1. The second-order valence-electron chi connectivity index (χ2n) is 5.09. The van der Waals surface area contributed by atoms with E-state index in [1.165, 1.54) is 0 Å². The zero-order valence-corrected chi connectivity index (χ0v) is 14.6. The second-order valence-corrected chi connectivity index (χ2v) is 5.09. The number of rotatable bonds is 8. The van der Waals surface area contributed by atoms with Crippen LogP contribution in [0.25, 0.3) is 0 Å². The molecular formula is C16H27ClN2O3. The molecule has 0 saturated carbocycles. The number of hydrogen-bond acceptors (Lipinski definition) is 5. The van der Waals surface area contributed by atoms with Gasteiger partial charge in [-0.05, 0) is 39.1 Å². The number of hydrogen-bond donors (Lipinski definition) is 1.